The van der Waals surface area contributed by atoms with E-state index in [-0.39, 0.29) is 12.1 Å². The molecule has 0 aliphatic carbocycles. The Hall–Kier alpha value is -2.22. The lowest BCUT2D eigenvalue weighted by atomic mass is 10.2. The molecule has 0 radical (unpaired) electrons. The van der Waals surface area contributed by atoms with Crippen molar-refractivity contribution in [3.8, 4) is 11.4 Å². The summed E-state index contributed by atoms with van der Waals surface area (Å²) in [5.41, 5.74) is 1.39. The van der Waals surface area contributed by atoms with Crippen LogP contribution in [0, 0.1) is 6.92 Å². The summed E-state index contributed by atoms with van der Waals surface area (Å²) in [5.74, 6) is 1.39. The highest BCUT2D eigenvalue weighted by Crippen LogP contribution is 2.20. The molecular weight excluding hydrogens is 316 g/mol. The maximum absolute atomic E-state index is 12.3. The van der Waals surface area contributed by atoms with Crippen molar-refractivity contribution in [2.45, 2.75) is 19.9 Å². The lowest BCUT2D eigenvalue weighted by Gasteiger charge is -2.24. The Labute approximate surface area is 137 Å². The number of nitrogens with one attached hydrogen (secondary N) is 1. The van der Waals surface area contributed by atoms with Crippen molar-refractivity contribution in [3.63, 3.8) is 0 Å². The van der Waals surface area contributed by atoms with Crippen molar-refractivity contribution < 1.29 is 13.5 Å². The van der Waals surface area contributed by atoms with Crippen LogP contribution in [0.15, 0.2) is 28.8 Å². The van der Waals surface area contributed by atoms with Gasteiger partial charge in [0.15, 0.2) is 0 Å². The molecule has 1 aromatic heterocycles. The van der Waals surface area contributed by atoms with Crippen molar-refractivity contribution in [2.24, 2.45) is 0 Å². The van der Waals surface area contributed by atoms with Gasteiger partial charge in [-0.1, -0.05) is 17.3 Å². The molecule has 2 rings (SSSR count). The molecule has 1 N–H and O–H groups in total. The van der Waals surface area contributed by atoms with Crippen LogP contribution in [-0.4, -0.2) is 50.4 Å². The van der Waals surface area contributed by atoms with E-state index in [0.29, 0.717) is 23.2 Å². The molecular formula is C15H20N4O3S. The van der Waals surface area contributed by atoms with Crippen LogP contribution in [-0.2, 0) is 10.8 Å². The molecule has 23 heavy (non-hydrogen) atoms. The van der Waals surface area contributed by atoms with Gasteiger partial charge in [-0.15, -0.1) is 0 Å². The van der Waals surface area contributed by atoms with E-state index in [1.165, 1.54) is 4.90 Å². The molecule has 7 nitrogen and oxygen atoms in total. The Morgan fingerprint density at radius 3 is 2.83 bits per heavy atom. The number of aromatic nitrogens is 2. The van der Waals surface area contributed by atoms with E-state index >= 15 is 0 Å². The zero-order valence-corrected chi connectivity index (χ0v) is 14.4. The SMILES string of the molecule is Cc1nc(-c2cccc(NC(=O)N(C)[C@@H](C)C[S@](C)=O)c2)no1. The second-order valence-electron chi connectivity index (χ2n) is 5.35. The average Bonchev–Trinajstić information content (AvgIpc) is 2.92. The van der Waals surface area contributed by atoms with E-state index in [0.717, 1.165) is 5.56 Å². The Kier molecular flexibility index (Phi) is 5.49. The van der Waals surface area contributed by atoms with Crippen LogP contribution >= 0.6 is 0 Å². The van der Waals surface area contributed by atoms with E-state index in [4.69, 9.17) is 4.52 Å². The van der Waals surface area contributed by atoms with Crippen LogP contribution < -0.4 is 5.32 Å². The summed E-state index contributed by atoms with van der Waals surface area (Å²) in [6.07, 6.45) is 1.62. The van der Waals surface area contributed by atoms with Gasteiger partial charge < -0.3 is 14.7 Å². The van der Waals surface area contributed by atoms with Crippen molar-refractivity contribution in [2.75, 3.05) is 24.4 Å². The summed E-state index contributed by atoms with van der Waals surface area (Å²) >= 11 is 0. The third kappa shape index (κ3) is 4.62. The smallest absolute Gasteiger partial charge is 0.321 e. The van der Waals surface area contributed by atoms with Gasteiger partial charge in [-0.3, -0.25) is 4.21 Å². The minimum atomic E-state index is -0.954. The van der Waals surface area contributed by atoms with Gasteiger partial charge in [0.2, 0.25) is 11.7 Å². The monoisotopic (exact) mass is 336 g/mol. The first kappa shape index (κ1) is 17.1. The first-order valence-corrected chi connectivity index (χ1v) is 8.84. The number of amides is 2. The third-order valence-corrected chi connectivity index (χ3v) is 4.31. The molecule has 124 valence electrons. The highest BCUT2D eigenvalue weighted by Gasteiger charge is 2.17. The van der Waals surface area contributed by atoms with E-state index in [2.05, 4.69) is 15.5 Å². The highest BCUT2D eigenvalue weighted by molar-refractivity contribution is 7.84. The Morgan fingerprint density at radius 2 is 2.22 bits per heavy atom. The maximum atomic E-state index is 12.3. The molecule has 1 aromatic carbocycles. The van der Waals surface area contributed by atoms with Crippen LogP contribution in [0.25, 0.3) is 11.4 Å². The van der Waals surface area contributed by atoms with Gasteiger partial charge in [-0.05, 0) is 19.1 Å². The number of hydrogen-bond acceptors (Lipinski definition) is 5. The van der Waals surface area contributed by atoms with Crippen LogP contribution in [0.3, 0.4) is 0 Å². The van der Waals surface area contributed by atoms with Gasteiger partial charge in [-0.25, -0.2) is 4.79 Å². The summed E-state index contributed by atoms with van der Waals surface area (Å²) in [5, 5.41) is 6.67. The number of anilines is 1. The van der Waals surface area contributed by atoms with Gasteiger partial charge >= 0.3 is 6.03 Å². The average molecular weight is 336 g/mol. The van der Waals surface area contributed by atoms with E-state index < -0.39 is 10.8 Å². The van der Waals surface area contributed by atoms with Gasteiger partial charge in [-0.2, -0.15) is 4.98 Å². The fraction of sp³-hybridized carbons (Fsp3) is 0.400. The third-order valence-electron chi connectivity index (χ3n) is 3.36. The fourth-order valence-corrected chi connectivity index (χ4v) is 2.92. The van der Waals surface area contributed by atoms with Crippen LogP contribution in [0.2, 0.25) is 0 Å². The first-order chi connectivity index (χ1) is 10.9. The predicted molar refractivity (Wildman–Crippen MR) is 89.6 cm³/mol. The lowest BCUT2D eigenvalue weighted by Crippen LogP contribution is -2.40. The molecule has 0 saturated carbocycles. The number of rotatable bonds is 5. The highest BCUT2D eigenvalue weighted by atomic mass is 32.2. The summed E-state index contributed by atoms with van der Waals surface area (Å²) in [7, 11) is 0.726. The minimum Gasteiger partial charge on any atom is -0.339 e. The molecule has 0 unspecified atom stereocenters. The summed E-state index contributed by atoms with van der Waals surface area (Å²) in [4.78, 5) is 18.0. The number of hydrogen-bond donors (Lipinski definition) is 1. The number of urea groups is 1. The molecule has 0 saturated heterocycles. The number of carbonyl (C=O) groups is 1. The molecule has 0 aliphatic heterocycles. The lowest BCUT2D eigenvalue weighted by molar-refractivity contribution is 0.212. The topological polar surface area (TPSA) is 88.3 Å². The van der Waals surface area contributed by atoms with E-state index in [1.54, 1.807) is 38.4 Å². The van der Waals surface area contributed by atoms with Crippen molar-refractivity contribution in [1.29, 1.82) is 0 Å². The zero-order valence-electron chi connectivity index (χ0n) is 13.6. The Morgan fingerprint density at radius 1 is 1.48 bits per heavy atom. The quantitative estimate of drug-likeness (QED) is 0.905. The predicted octanol–water partition coefficient (Wildman–Crippen LogP) is 2.28. The Balaban J connectivity index is 2.08. The fourth-order valence-electron chi connectivity index (χ4n) is 2.02. The molecule has 0 aliphatic rings. The van der Waals surface area contributed by atoms with Crippen molar-refractivity contribution in [3.05, 3.63) is 30.2 Å². The maximum Gasteiger partial charge on any atom is 0.321 e. The van der Waals surface area contributed by atoms with Crippen LogP contribution in [0.1, 0.15) is 12.8 Å². The summed E-state index contributed by atoms with van der Waals surface area (Å²) < 4.78 is 16.2. The molecule has 2 atom stereocenters. The van der Waals surface area contributed by atoms with Crippen molar-refractivity contribution in [1.82, 2.24) is 15.0 Å². The Bertz CT molecular complexity index is 716. The number of aryl methyl sites for hydroxylation is 1. The number of carbonyl (C=O) groups excluding carboxylic acids is 1. The summed E-state index contributed by atoms with van der Waals surface area (Å²) in [6.45, 7) is 3.58. The molecule has 0 bridgehead atoms. The zero-order chi connectivity index (χ0) is 17.0. The van der Waals surface area contributed by atoms with Gasteiger partial charge in [0.25, 0.3) is 0 Å². The summed E-state index contributed by atoms with van der Waals surface area (Å²) in [6, 6.07) is 6.82. The van der Waals surface area contributed by atoms with Crippen molar-refractivity contribution >= 4 is 22.5 Å². The molecule has 1 heterocycles. The van der Waals surface area contributed by atoms with E-state index in [9.17, 15) is 9.00 Å². The normalized spacial score (nSPS) is 13.4. The largest absolute Gasteiger partial charge is 0.339 e. The molecule has 0 spiro atoms. The first-order valence-electron chi connectivity index (χ1n) is 7.11. The van der Waals surface area contributed by atoms with Crippen LogP contribution in [0.4, 0.5) is 10.5 Å². The number of nitrogens with zero attached hydrogens (tertiary/aromatic N) is 3. The second kappa shape index (κ2) is 7.36. The minimum absolute atomic E-state index is 0.121. The molecule has 2 amide bonds. The molecule has 2 aromatic rings. The van der Waals surface area contributed by atoms with Crippen LogP contribution in [0.5, 0.6) is 0 Å². The standard InChI is InChI=1S/C15H20N4O3S/c1-10(9-23(4)21)19(3)15(20)17-13-7-5-6-12(8-13)14-16-11(2)22-18-14/h5-8,10H,9H2,1-4H3,(H,17,20)/t10-,23-/m0/s1. The van der Waals surface area contributed by atoms with Gasteiger partial charge in [0, 0.05) is 54.1 Å². The molecule has 0 fully saturated rings. The van der Waals surface area contributed by atoms with Gasteiger partial charge in [0.1, 0.15) is 0 Å². The number of benzene rings is 1. The molecule has 8 heteroatoms. The second-order valence-corrected chi connectivity index (χ2v) is 6.83. The van der Waals surface area contributed by atoms with E-state index in [1.807, 2.05) is 13.0 Å². The van der Waals surface area contributed by atoms with Gasteiger partial charge in [0.05, 0.1) is 0 Å².